The summed E-state index contributed by atoms with van der Waals surface area (Å²) in [6.45, 7) is 3.25. The number of aryl methyl sites for hydroxylation is 1. The molecule has 7 heteroatoms. The number of furan rings is 1. The first kappa shape index (κ1) is 15.4. The highest BCUT2D eigenvalue weighted by atomic mass is 16.3. The van der Waals surface area contributed by atoms with E-state index >= 15 is 0 Å². The molecule has 1 aromatic carbocycles. The summed E-state index contributed by atoms with van der Waals surface area (Å²) in [7, 11) is 0. The van der Waals surface area contributed by atoms with Crippen molar-refractivity contribution in [2.24, 2.45) is 0 Å². The Morgan fingerprint density at radius 3 is 2.72 bits per heavy atom. The van der Waals surface area contributed by atoms with Gasteiger partial charge in [-0.05, 0) is 18.6 Å². The van der Waals surface area contributed by atoms with Crippen LogP contribution in [0.3, 0.4) is 0 Å². The SMILES string of the molecule is CCn1nc2n(c1=O)CCN(C(=O)c1ccoc1)C2c1ccccc1. The standard InChI is InChI=1S/C18H18N4O3/c1-2-22-18(24)21-10-9-20(17(23)14-8-11-25-12-14)15(16(21)19-22)13-6-4-3-5-7-13/h3-8,11-12,15H,2,9-10H2,1H3. The molecule has 3 aromatic rings. The van der Waals surface area contributed by atoms with Crippen LogP contribution in [0.15, 0.2) is 58.1 Å². The Hall–Kier alpha value is -3.09. The molecule has 7 nitrogen and oxygen atoms in total. The topological polar surface area (TPSA) is 73.3 Å². The van der Waals surface area contributed by atoms with Crippen LogP contribution in [0.25, 0.3) is 0 Å². The van der Waals surface area contributed by atoms with E-state index in [1.165, 1.54) is 17.2 Å². The van der Waals surface area contributed by atoms with Gasteiger partial charge in [-0.25, -0.2) is 9.48 Å². The molecular formula is C18H18N4O3. The largest absolute Gasteiger partial charge is 0.472 e. The Morgan fingerprint density at radius 2 is 2.04 bits per heavy atom. The maximum atomic E-state index is 13.0. The van der Waals surface area contributed by atoms with Crippen LogP contribution in [-0.2, 0) is 13.1 Å². The van der Waals surface area contributed by atoms with Gasteiger partial charge >= 0.3 is 5.69 Å². The number of hydrogen-bond donors (Lipinski definition) is 0. The average Bonchev–Trinajstić information content (AvgIpc) is 3.29. The van der Waals surface area contributed by atoms with Crippen LogP contribution in [0.4, 0.5) is 0 Å². The van der Waals surface area contributed by atoms with Gasteiger partial charge in [-0.1, -0.05) is 30.3 Å². The minimum Gasteiger partial charge on any atom is -0.472 e. The molecule has 0 spiro atoms. The quantitative estimate of drug-likeness (QED) is 0.731. The monoisotopic (exact) mass is 338 g/mol. The number of hydrogen-bond acceptors (Lipinski definition) is 4. The third-order valence-corrected chi connectivity index (χ3v) is 4.52. The molecule has 3 heterocycles. The molecule has 0 radical (unpaired) electrons. The molecule has 25 heavy (non-hydrogen) atoms. The van der Waals surface area contributed by atoms with Crippen molar-refractivity contribution < 1.29 is 9.21 Å². The number of aromatic nitrogens is 3. The zero-order valence-corrected chi connectivity index (χ0v) is 13.8. The van der Waals surface area contributed by atoms with Crippen molar-refractivity contribution in [2.45, 2.75) is 26.1 Å². The predicted molar refractivity (Wildman–Crippen MR) is 90.2 cm³/mol. The second kappa shape index (κ2) is 6.08. The van der Waals surface area contributed by atoms with Crippen LogP contribution in [-0.4, -0.2) is 31.7 Å². The number of fused-ring (bicyclic) bond motifs is 1. The van der Waals surface area contributed by atoms with Crippen molar-refractivity contribution >= 4 is 5.91 Å². The first-order valence-corrected chi connectivity index (χ1v) is 8.26. The van der Waals surface area contributed by atoms with Gasteiger partial charge in [-0.15, -0.1) is 0 Å². The summed E-state index contributed by atoms with van der Waals surface area (Å²) in [6.07, 6.45) is 2.92. The molecule has 1 amide bonds. The van der Waals surface area contributed by atoms with Gasteiger partial charge in [-0.3, -0.25) is 9.36 Å². The third-order valence-electron chi connectivity index (χ3n) is 4.52. The molecule has 2 aromatic heterocycles. The molecule has 1 aliphatic rings. The van der Waals surface area contributed by atoms with Crippen molar-refractivity contribution in [1.82, 2.24) is 19.2 Å². The highest BCUT2D eigenvalue weighted by Crippen LogP contribution is 2.31. The van der Waals surface area contributed by atoms with Crippen molar-refractivity contribution in [2.75, 3.05) is 6.54 Å². The first-order chi connectivity index (χ1) is 12.2. The number of nitrogens with zero attached hydrogens (tertiary/aromatic N) is 4. The number of benzene rings is 1. The van der Waals surface area contributed by atoms with E-state index in [2.05, 4.69) is 5.10 Å². The smallest absolute Gasteiger partial charge is 0.346 e. The van der Waals surface area contributed by atoms with Gasteiger partial charge in [0.25, 0.3) is 5.91 Å². The van der Waals surface area contributed by atoms with E-state index in [1.54, 1.807) is 15.5 Å². The second-order valence-electron chi connectivity index (χ2n) is 5.93. The fourth-order valence-corrected chi connectivity index (χ4v) is 3.29. The fourth-order valence-electron chi connectivity index (χ4n) is 3.29. The number of carbonyl (C=O) groups excluding carboxylic acids is 1. The molecule has 0 bridgehead atoms. The van der Waals surface area contributed by atoms with Gasteiger partial charge in [-0.2, -0.15) is 5.10 Å². The minimum atomic E-state index is -0.405. The summed E-state index contributed by atoms with van der Waals surface area (Å²) in [5, 5.41) is 4.49. The normalized spacial score (nSPS) is 16.7. The summed E-state index contributed by atoms with van der Waals surface area (Å²) in [5.74, 6) is 0.466. The van der Waals surface area contributed by atoms with Gasteiger partial charge < -0.3 is 9.32 Å². The van der Waals surface area contributed by atoms with E-state index in [4.69, 9.17) is 4.42 Å². The van der Waals surface area contributed by atoms with Gasteiger partial charge in [0.05, 0.1) is 11.8 Å². The molecular weight excluding hydrogens is 320 g/mol. The van der Waals surface area contributed by atoms with E-state index < -0.39 is 6.04 Å². The van der Waals surface area contributed by atoms with Gasteiger partial charge in [0.15, 0.2) is 5.82 Å². The lowest BCUT2D eigenvalue weighted by Gasteiger charge is -2.35. The Bertz CT molecular complexity index is 941. The Balaban J connectivity index is 1.85. The summed E-state index contributed by atoms with van der Waals surface area (Å²) >= 11 is 0. The molecule has 1 aliphatic heterocycles. The van der Waals surface area contributed by atoms with Gasteiger partial charge in [0.1, 0.15) is 12.3 Å². The number of rotatable bonds is 3. The summed E-state index contributed by atoms with van der Waals surface area (Å²) in [4.78, 5) is 27.2. The molecule has 0 aliphatic carbocycles. The zero-order chi connectivity index (χ0) is 17.4. The van der Waals surface area contributed by atoms with Crippen LogP contribution in [0.2, 0.25) is 0 Å². The molecule has 0 N–H and O–H groups in total. The Kier molecular flexibility index (Phi) is 3.76. The summed E-state index contributed by atoms with van der Waals surface area (Å²) < 4.78 is 8.16. The highest BCUT2D eigenvalue weighted by Gasteiger charge is 2.36. The molecule has 128 valence electrons. The molecule has 0 saturated carbocycles. The van der Waals surface area contributed by atoms with Crippen LogP contribution in [0, 0.1) is 0 Å². The predicted octanol–water partition coefficient (Wildman–Crippen LogP) is 1.90. The lowest BCUT2D eigenvalue weighted by atomic mass is 10.0. The van der Waals surface area contributed by atoms with E-state index in [0.717, 1.165) is 5.56 Å². The van der Waals surface area contributed by atoms with Gasteiger partial charge in [0.2, 0.25) is 0 Å². The van der Waals surface area contributed by atoms with E-state index in [-0.39, 0.29) is 11.6 Å². The fraction of sp³-hybridized carbons (Fsp3) is 0.278. The Morgan fingerprint density at radius 1 is 1.24 bits per heavy atom. The van der Waals surface area contributed by atoms with Crippen molar-refractivity contribution in [1.29, 1.82) is 0 Å². The van der Waals surface area contributed by atoms with E-state index in [9.17, 15) is 9.59 Å². The van der Waals surface area contributed by atoms with E-state index in [0.29, 0.717) is 31.0 Å². The summed E-state index contributed by atoms with van der Waals surface area (Å²) in [6, 6.07) is 10.9. The maximum absolute atomic E-state index is 13.0. The lowest BCUT2D eigenvalue weighted by Crippen LogP contribution is -2.44. The second-order valence-corrected chi connectivity index (χ2v) is 5.93. The maximum Gasteiger partial charge on any atom is 0.346 e. The molecule has 0 fully saturated rings. The van der Waals surface area contributed by atoms with Gasteiger partial charge in [0, 0.05) is 19.6 Å². The lowest BCUT2D eigenvalue weighted by molar-refractivity contribution is 0.0656. The third kappa shape index (κ3) is 2.48. The van der Waals surface area contributed by atoms with Crippen molar-refractivity contribution in [3.05, 3.63) is 76.4 Å². The average molecular weight is 338 g/mol. The minimum absolute atomic E-state index is 0.131. The highest BCUT2D eigenvalue weighted by molar-refractivity contribution is 5.94. The van der Waals surface area contributed by atoms with Crippen LogP contribution in [0.1, 0.15) is 34.7 Å². The molecule has 4 rings (SSSR count). The van der Waals surface area contributed by atoms with Crippen LogP contribution in [0.5, 0.6) is 0 Å². The van der Waals surface area contributed by atoms with Crippen molar-refractivity contribution in [3.63, 3.8) is 0 Å². The van der Waals surface area contributed by atoms with E-state index in [1.807, 2.05) is 37.3 Å². The first-order valence-electron chi connectivity index (χ1n) is 8.26. The summed E-state index contributed by atoms with van der Waals surface area (Å²) in [5.41, 5.74) is 1.29. The zero-order valence-electron chi connectivity index (χ0n) is 13.8. The van der Waals surface area contributed by atoms with Crippen LogP contribution >= 0.6 is 0 Å². The number of carbonyl (C=O) groups is 1. The molecule has 1 atom stereocenters. The number of amides is 1. The molecule has 1 unspecified atom stereocenters. The van der Waals surface area contributed by atoms with Crippen LogP contribution < -0.4 is 5.69 Å². The Labute approximate surface area is 144 Å². The van der Waals surface area contributed by atoms with Crippen molar-refractivity contribution in [3.8, 4) is 0 Å². The molecule has 0 saturated heterocycles.